The number of hydrogen-bond acceptors (Lipinski definition) is 8. The van der Waals surface area contributed by atoms with Crippen LogP contribution in [0.4, 0.5) is 24.7 Å². The second-order valence-corrected chi connectivity index (χ2v) is 8.76. The number of nitrogens with one attached hydrogen (secondary N) is 1. The average molecular weight is 477 g/mol. The minimum atomic E-state index is -4.79. The minimum absolute atomic E-state index is 0.296. The highest BCUT2D eigenvalue weighted by molar-refractivity contribution is 5.82. The predicted octanol–water partition coefficient (Wildman–Crippen LogP) is 3.27. The summed E-state index contributed by atoms with van der Waals surface area (Å²) in [6, 6.07) is 5.62. The van der Waals surface area contributed by atoms with Crippen LogP contribution in [-0.4, -0.2) is 78.0 Å². The summed E-state index contributed by atoms with van der Waals surface area (Å²) in [5.41, 5.74) is 1.61. The zero-order chi connectivity index (χ0) is 23.9. The highest BCUT2D eigenvalue weighted by Gasteiger charge is 2.32. The number of ether oxygens (including phenoxy) is 2. The number of piperidine rings is 1. The third-order valence-corrected chi connectivity index (χ3v) is 6.26. The number of benzene rings is 1. The van der Waals surface area contributed by atoms with Crippen LogP contribution in [0.3, 0.4) is 0 Å². The predicted molar refractivity (Wildman–Crippen MR) is 120 cm³/mol. The van der Waals surface area contributed by atoms with Gasteiger partial charge in [-0.2, -0.15) is 4.52 Å². The first-order valence-electron chi connectivity index (χ1n) is 11.2. The van der Waals surface area contributed by atoms with E-state index in [0.717, 1.165) is 38.2 Å². The van der Waals surface area contributed by atoms with Crippen molar-refractivity contribution in [1.82, 2.24) is 24.7 Å². The van der Waals surface area contributed by atoms with Crippen molar-refractivity contribution in [2.75, 3.05) is 57.1 Å². The van der Waals surface area contributed by atoms with Crippen LogP contribution in [0.25, 0.3) is 17.0 Å². The smallest absolute Gasteiger partial charge is 0.486 e. The molecule has 34 heavy (non-hydrogen) atoms. The van der Waals surface area contributed by atoms with Crippen molar-refractivity contribution >= 4 is 17.2 Å². The molecule has 0 spiro atoms. The Morgan fingerprint density at radius 3 is 2.71 bits per heavy atom. The number of likely N-dealkylation sites (tertiary alicyclic amines) is 1. The highest BCUT2D eigenvalue weighted by atomic mass is 19.4. The number of hydrogen-bond donors (Lipinski definition) is 1. The lowest BCUT2D eigenvalue weighted by atomic mass is 9.97. The summed E-state index contributed by atoms with van der Waals surface area (Å²) in [4.78, 5) is 4.39. The Bertz CT molecular complexity index is 1180. The summed E-state index contributed by atoms with van der Waals surface area (Å²) >= 11 is 0. The molecule has 1 N–H and O–H groups in total. The Labute approximate surface area is 194 Å². The van der Waals surface area contributed by atoms with Crippen LogP contribution in [0.2, 0.25) is 0 Å². The Kier molecular flexibility index (Phi) is 5.84. The molecule has 0 bridgehead atoms. The molecule has 2 aliphatic rings. The maximum absolute atomic E-state index is 12.7. The molecule has 9 nitrogen and oxygen atoms in total. The third-order valence-electron chi connectivity index (χ3n) is 6.26. The molecule has 1 saturated heterocycles. The standard InChI is InChI=1S/C22H26F3N7O2/c1-30-8-6-14(7-9-30)13-26-19-17-18(33-11-10-31(17)2)21-28-27-20(32(21)29-19)15-4-3-5-16(12-15)34-22(23,24)25/h3-5,12,14H,6-11,13H2,1-2H3,(H,26,29). The van der Waals surface area contributed by atoms with E-state index in [1.54, 1.807) is 6.07 Å². The van der Waals surface area contributed by atoms with E-state index in [0.29, 0.717) is 47.7 Å². The number of rotatable bonds is 5. The van der Waals surface area contributed by atoms with Gasteiger partial charge >= 0.3 is 6.36 Å². The van der Waals surface area contributed by atoms with E-state index in [1.165, 1.54) is 22.7 Å². The van der Waals surface area contributed by atoms with Gasteiger partial charge in [-0.25, -0.2) is 0 Å². The van der Waals surface area contributed by atoms with E-state index in [4.69, 9.17) is 9.84 Å². The Balaban J connectivity index is 1.52. The van der Waals surface area contributed by atoms with E-state index in [9.17, 15) is 13.2 Å². The average Bonchev–Trinajstić information content (AvgIpc) is 3.22. The van der Waals surface area contributed by atoms with Gasteiger partial charge in [0.2, 0.25) is 5.65 Å². The first-order chi connectivity index (χ1) is 16.3. The number of likely N-dealkylation sites (N-methyl/N-ethyl adjacent to an activating group) is 1. The fraction of sp³-hybridized carbons (Fsp3) is 0.500. The van der Waals surface area contributed by atoms with Crippen molar-refractivity contribution in [3.63, 3.8) is 0 Å². The molecule has 0 saturated carbocycles. The van der Waals surface area contributed by atoms with Crippen LogP contribution >= 0.6 is 0 Å². The molecule has 5 rings (SSSR count). The molecule has 182 valence electrons. The number of anilines is 2. The normalized spacial score (nSPS) is 17.5. The zero-order valence-electron chi connectivity index (χ0n) is 19.0. The number of aromatic nitrogens is 4. The molecular weight excluding hydrogens is 451 g/mol. The summed E-state index contributed by atoms with van der Waals surface area (Å²) in [6.07, 6.45) is -2.58. The van der Waals surface area contributed by atoms with Crippen LogP contribution in [0, 0.1) is 5.92 Å². The molecule has 0 unspecified atom stereocenters. The van der Waals surface area contributed by atoms with E-state index < -0.39 is 6.36 Å². The lowest BCUT2D eigenvalue weighted by Crippen LogP contribution is -2.34. The van der Waals surface area contributed by atoms with Crippen LogP contribution in [0.15, 0.2) is 24.3 Å². The van der Waals surface area contributed by atoms with Gasteiger partial charge in [-0.15, -0.1) is 28.5 Å². The summed E-state index contributed by atoms with van der Waals surface area (Å²) in [5, 5.41) is 16.7. The second-order valence-electron chi connectivity index (χ2n) is 8.76. The van der Waals surface area contributed by atoms with Crippen LogP contribution < -0.4 is 19.7 Å². The van der Waals surface area contributed by atoms with Gasteiger partial charge in [0.25, 0.3) is 0 Å². The zero-order valence-corrected chi connectivity index (χ0v) is 19.0. The lowest BCUT2D eigenvalue weighted by molar-refractivity contribution is -0.274. The summed E-state index contributed by atoms with van der Waals surface area (Å²) in [5.74, 6) is 1.67. The first kappa shape index (κ1) is 22.5. The molecule has 3 aromatic rings. The van der Waals surface area contributed by atoms with Crippen LogP contribution in [0.5, 0.6) is 11.5 Å². The van der Waals surface area contributed by atoms with Gasteiger partial charge in [0.1, 0.15) is 18.0 Å². The van der Waals surface area contributed by atoms with Gasteiger partial charge in [-0.1, -0.05) is 12.1 Å². The molecular formula is C22H26F3N7O2. The summed E-state index contributed by atoms with van der Waals surface area (Å²) in [7, 11) is 4.10. The molecule has 1 aromatic carbocycles. The Morgan fingerprint density at radius 1 is 1.15 bits per heavy atom. The molecule has 2 aromatic heterocycles. The van der Waals surface area contributed by atoms with Gasteiger partial charge < -0.3 is 24.6 Å². The quantitative estimate of drug-likeness (QED) is 0.600. The maximum atomic E-state index is 12.7. The van der Waals surface area contributed by atoms with E-state index in [-0.39, 0.29) is 5.75 Å². The second kappa shape index (κ2) is 8.82. The fourth-order valence-corrected chi connectivity index (χ4v) is 4.40. The van der Waals surface area contributed by atoms with Gasteiger partial charge in [-0.3, -0.25) is 0 Å². The van der Waals surface area contributed by atoms with Crippen LogP contribution in [0.1, 0.15) is 12.8 Å². The van der Waals surface area contributed by atoms with Crippen molar-refractivity contribution in [3.05, 3.63) is 24.3 Å². The number of alkyl halides is 3. The van der Waals surface area contributed by atoms with Crippen molar-refractivity contribution in [2.45, 2.75) is 19.2 Å². The Morgan fingerprint density at radius 2 is 1.94 bits per heavy atom. The van der Waals surface area contributed by atoms with E-state index in [1.807, 2.05) is 7.05 Å². The van der Waals surface area contributed by atoms with Crippen molar-refractivity contribution in [3.8, 4) is 22.9 Å². The highest BCUT2D eigenvalue weighted by Crippen LogP contribution is 2.40. The monoisotopic (exact) mass is 477 g/mol. The fourth-order valence-electron chi connectivity index (χ4n) is 4.40. The van der Waals surface area contributed by atoms with Crippen molar-refractivity contribution < 1.29 is 22.6 Å². The summed E-state index contributed by atoms with van der Waals surface area (Å²) in [6.45, 7) is 4.07. The van der Waals surface area contributed by atoms with Gasteiger partial charge in [0.15, 0.2) is 17.4 Å². The molecule has 2 aliphatic heterocycles. The largest absolute Gasteiger partial charge is 0.573 e. The summed E-state index contributed by atoms with van der Waals surface area (Å²) < 4.78 is 49.7. The van der Waals surface area contributed by atoms with Gasteiger partial charge in [0.05, 0.1) is 6.54 Å². The molecule has 0 amide bonds. The molecule has 0 radical (unpaired) electrons. The van der Waals surface area contributed by atoms with E-state index >= 15 is 0 Å². The molecule has 4 heterocycles. The molecule has 0 atom stereocenters. The van der Waals surface area contributed by atoms with Crippen LogP contribution in [-0.2, 0) is 0 Å². The number of nitrogens with zero attached hydrogens (tertiary/aromatic N) is 6. The van der Waals surface area contributed by atoms with Crippen molar-refractivity contribution in [1.29, 1.82) is 0 Å². The van der Waals surface area contributed by atoms with Crippen molar-refractivity contribution in [2.24, 2.45) is 5.92 Å². The number of fused-ring (bicyclic) bond motifs is 3. The molecule has 0 aliphatic carbocycles. The minimum Gasteiger partial charge on any atom is -0.486 e. The van der Waals surface area contributed by atoms with Gasteiger partial charge in [-0.05, 0) is 51.0 Å². The lowest BCUT2D eigenvalue weighted by Gasteiger charge is -2.31. The SMILES string of the molecule is CN1CCC(CNc2nn3c(-c4cccc(OC(F)(F)F)c4)nnc3c3c2N(C)CCO3)CC1. The first-order valence-corrected chi connectivity index (χ1v) is 11.2. The van der Waals surface area contributed by atoms with Gasteiger partial charge in [0, 0.05) is 19.2 Å². The number of halogens is 3. The van der Waals surface area contributed by atoms with E-state index in [2.05, 4.69) is 37.1 Å². The molecule has 1 fully saturated rings. The molecule has 12 heteroatoms. The topological polar surface area (TPSA) is 80.0 Å². The Hall–Kier alpha value is -3.28. The maximum Gasteiger partial charge on any atom is 0.573 e. The third kappa shape index (κ3) is 4.54.